The SMILES string of the molecule is CC1Cc2cc(C(=O)c3ccc(Br)cc3F)ccc2O1. The molecule has 0 amide bonds. The summed E-state index contributed by atoms with van der Waals surface area (Å²) in [5.74, 6) is -0.0165. The monoisotopic (exact) mass is 334 g/mol. The molecule has 0 aliphatic carbocycles. The summed E-state index contributed by atoms with van der Waals surface area (Å²) in [6.45, 7) is 1.98. The van der Waals surface area contributed by atoms with Crippen molar-refractivity contribution >= 4 is 21.7 Å². The highest BCUT2D eigenvalue weighted by Gasteiger charge is 2.21. The molecule has 1 heterocycles. The van der Waals surface area contributed by atoms with Gasteiger partial charge < -0.3 is 4.74 Å². The van der Waals surface area contributed by atoms with Crippen molar-refractivity contribution in [3.63, 3.8) is 0 Å². The van der Waals surface area contributed by atoms with E-state index in [1.165, 1.54) is 12.1 Å². The Labute approximate surface area is 124 Å². The first-order chi connectivity index (χ1) is 9.54. The number of hydrogen-bond acceptors (Lipinski definition) is 2. The molecule has 2 nitrogen and oxygen atoms in total. The molecule has 0 fully saturated rings. The largest absolute Gasteiger partial charge is 0.490 e. The smallest absolute Gasteiger partial charge is 0.195 e. The lowest BCUT2D eigenvalue weighted by molar-refractivity contribution is 0.103. The molecule has 2 aromatic carbocycles. The van der Waals surface area contributed by atoms with Gasteiger partial charge in [-0.2, -0.15) is 0 Å². The van der Waals surface area contributed by atoms with Crippen LogP contribution in [-0.4, -0.2) is 11.9 Å². The lowest BCUT2D eigenvalue weighted by atomic mass is 9.99. The second-order valence-corrected chi connectivity index (χ2v) is 5.82. The molecule has 0 saturated carbocycles. The van der Waals surface area contributed by atoms with Gasteiger partial charge in [0, 0.05) is 16.5 Å². The van der Waals surface area contributed by atoms with Crippen LogP contribution in [0.15, 0.2) is 40.9 Å². The maximum Gasteiger partial charge on any atom is 0.195 e. The number of carbonyl (C=O) groups excluding carboxylic acids is 1. The van der Waals surface area contributed by atoms with E-state index in [2.05, 4.69) is 15.9 Å². The molecule has 1 atom stereocenters. The molecule has 1 aliphatic heterocycles. The van der Waals surface area contributed by atoms with E-state index >= 15 is 0 Å². The maximum absolute atomic E-state index is 13.8. The Hall–Kier alpha value is -1.68. The number of ether oxygens (including phenoxy) is 1. The topological polar surface area (TPSA) is 26.3 Å². The third-order valence-electron chi connectivity index (χ3n) is 3.33. The minimum Gasteiger partial charge on any atom is -0.490 e. The molecule has 0 radical (unpaired) electrons. The van der Waals surface area contributed by atoms with Crippen LogP contribution in [0.2, 0.25) is 0 Å². The first kappa shape index (κ1) is 13.3. The van der Waals surface area contributed by atoms with Crippen LogP contribution in [0.1, 0.15) is 28.4 Å². The van der Waals surface area contributed by atoms with Crippen molar-refractivity contribution < 1.29 is 13.9 Å². The number of carbonyl (C=O) groups is 1. The van der Waals surface area contributed by atoms with Crippen LogP contribution in [0.25, 0.3) is 0 Å². The van der Waals surface area contributed by atoms with Crippen LogP contribution in [0, 0.1) is 5.82 Å². The van der Waals surface area contributed by atoms with Gasteiger partial charge in [0.05, 0.1) is 5.56 Å². The van der Waals surface area contributed by atoms with Gasteiger partial charge in [-0.1, -0.05) is 15.9 Å². The minimum atomic E-state index is -0.519. The van der Waals surface area contributed by atoms with E-state index in [0.29, 0.717) is 10.0 Å². The van der Waals surface area contributed by atoms with Gasteiger partial charge >= 0.3 is 0 Å². The average Bonchev–Trinajstić information content (AvgIpc) is 2.77. The fourth-order valence-corrected chi connectivity index (χ4v) is 2.73. The first-order valence-electron chi connectivity index (χ1n) is 6.34. The average molecular weight is 335 g/mol. The van der Waals surface area contributed by atoms with Gasteiger partial charge in [-0.3, -0.25) is 4.79 Å². The molecule has 0 N–H and O–H groups in total. The summed E-state index contributed by atoms with van der Waals surface area (Å²) in [6.07, 6.45) is 0.902. The molecular weight excluding hydrogens is 323 g/mol. The molecule has 0 bridgehead atoms. The van der Waals surface area contributed by atoms with Crippen molar-refractivity contribution in [1.29, 1.82) is 0 Å². The summed E-state index contributed by atoms with van der Waals surface area (Å²) in [5.41, 5.74) is 1.57. The molecule has 3 rings (SSSR count). The van der Waals surface area contributed by atoms with Crippen LogP contribution < -0.4 is 4.74 Å². The van der Waals surface area contributed by atoms with Gasteiger partial charge in [-0.15, -0.1) is 0 Å². The molecule has 1 aliphatic rings. The van der Waals surface area contributed by atoms with Crippen molar-refractivity contribution in [2.75, 3.05) is 0 Å². The lowest BCUT2D eigenvalue weighted by Crippen LogP contribution is -2.05. The van der Waals surface area contributed by atoms with Gasteiger partial charge in [0.1, 0.15) is 17.7 Å². The van der Waals surface area contributed by atoms with Crippen LogP contribution in [0.5, 0.6) is 5.75 Å². The molecule has 1 unspecified atom stereocenters. The summed E-state index contributed by atoms with van der Waals surface area (Å²) in [7, 11) is 0. The Morgan fingerprint density at radius 1 is 1.30 bits per heavy atom. The van der Waals surface area contributed by atoms with Crippen LogP contribution in [-0.2, 0) is 6.42 Å². The molecule has 4 heteroatoms. The van der Waals surface area contributed by atoms with Crippen LogP contribution in [0.4, 0.5) is 4.39 Å². The standard InChI is InChI=1S/C16H12BrFO2/c1-9-6-11-7-10(2-5-15(11)20-9)16(19)13-4-3-12(17)8-14(13)18/h2-5,7-9H,6H2,1H3. The molecular formula is C16H12BrFO2. The highest BCUT2D eigenvalue weighted by Crippen LogP contribution is 2.30. The van der Waals surface area contributed by atoms with E-state index in [1.54, 1.807) is 24.3 Å². The van der Waals surface area contributed by atoms with Crippen LogP contribution >= 0.6 is 15.9 Å². The second kappa shape index (κ2) is 5.02. The summed E-state index contributed by atoms with van der Waals surface area (Å²) in [4.78, 5) is 12.4. The van der Waals surface area contributed by atoms with Crippen molar-refractivity contribution in [1.82, 2.24) is 0 Å². The van der Waals surface area contributed by atoms with Crippen molar-refractivity contribution in [2.45, 2.75) is 19.4 Å². The Bertz CT molecular complexity index is 697. The third-order valence-corrected chi connectivity index (χ3v) is 3.83. The fourth-order valence-electron chi connectivity index (χ4n) is 2.39. The zero-order valence-corrected chi connectivity index (χ0v) is 12.4. The number of rotatable bonds is 2. The van der Waals surface area contributed by atoms with Crippen molar-refractivity contribution in [3.05, 3.63) is 63.4 Å². The summed E-state index contributed by atoms with van der Waals surface area (Å²) >= 11 is 3.18. The predicted octanol–water partition coefficient (Wildman–Crippen LogP) is 4.14. The number of hydrogen-bond donors (Lipinski definition) is 0. The Kier molecular flexibility index (Phi) is 3.34. The van der Waals surface area contributed by atoms with Crippen molar-refractivity contribution in [3.8, 4) is 5.75 Å². The number of ketones is 1. The molecule has 20 heavy (non-hydrogen) atoms. The van der Waals surface area contributed by atoms with Gasteiger partial charge in [-0.05, 0) is 48.9 Å². The first-order valence-corrected chi connectivity index (χ1v) is 7.13. The summed E-state index contributed by atoms with van der Waals surface area (Å²) in [5, 5.41) is 0. The Morgan fingerprint density at radius 2 is 2.10 bits per heavy atom. The number of halogens is 2. The van der Waals surface area contributed by atoms with E-state index in [1.807, 2.05) is 6.92 Å². The quantitative estimate of drug-likeness (QED) is 0.771. The lowest BCUT2D eigenvalue weighted by Gasteiger charge is -2.05. The molecule has 0 saturated heterocycles. The minimum absolute atomic E-state index is 0.0834. The fraction of sp³-hybridized carbons (Fsp3) is 0.188. The highest BCUT2D eigenvalue weighted by atomic mass is 79.9. The number of fused-ring (bicyclic) bond motifs is 1. The molecule has 0 aromatic heterocycles. The van der Waals surface area contributed by atoms with E-state index in [-0.39, 0.29) is 17.5 Å². The van der Waals surface area contributed by atoms with E-state index in [9.17, 15) is 9.18 Å². The normalized spacial score (nSPS) is 16.6. The highest BCUT2D eigenvalue weighted by molar-refractivity contribution is 9.10. The zero-order chi connectivity index (χ0) is 14.3. The maximum atomic E-state index is 13.8. The Balaban J connectivity index is 1.97. The summed E-state index contributed by atoms with van der Waals surface area (Å²) in [6, 6.07) is 9.71. The van der Waals surface area contributed by atoms with Gasteiger partial charge in [0.15, 0.2) is 5.78 Å². The van der Waals surface area contributed by atoms with E-state index < -0.39 is 5.82 Å². The molecule has 102 valence electrons. The zero-order valence-electron chi connectivity index (χ0n) is 10.8. The Morgan fingerprint density at radius 3 is 2.85 bits per heavy atom. The molecule has 2 aromatic rings. The van der Waals surface area contributed by atoms with Gasteiger partial charge in [0.25, 0.3) is 0 Å². The third kappa shape index (κ3) is 2.36. The van der Waals surface area contributed by atoms with Crippen molar-refractivity contribution in [2.24, 2.45) is 0 Å². The summed E-state index contributed by atoms with van der Waals surface area (Å²) < 4.78 is 20.1. The van der Waals surface area contributed by atoms with E-state index in [4.69, 9.17) is 4.74 Å². The second-order valence-electron chi connectivity index (χ2n) is 4.91. The van der Waals surface area contributed by atoms with Gasteiger partial charge in [-0.25, -0.2) is 4.39 Å². The van der Waals surface area contributed by atoms with E-state index in [0.717, 1.165) is 17.7 Å². The number of benzene rings is 2. The van der Waals surface area contributed by atoms with Gasteiger partial charge in [0.2, 0.25) is 0 Å². The molecule has 0 spiro atoms. The predicted molar refractivity (Wildman–Crippen MR) is 77.8 cm³/mol. The van der Waals surface area contributed by atoms with Crippen LogP contribution in [0.3, 0.4) is 0 Å².